The summed E-state index contributed by atoms with van der Waals surface area (Å²) in [5.74, 6) is -0.174. The Hall–Kier alpha value is -1.10. The van der Waals surface area contributed by atoms with Crippen LogP contribution >= 0.6 is 11.3 Å². The van der Waals surface area contributed by atoms with E-state index in [1.807, 2.05) is 20.8 Å². The Labute approximate surface area is 80.7 Å². The lowest BCUT2D eigenvalue weighted by molar-refractivity contribution is 0.00762. The maximum atomic E-state index is 11.4. The van der Waals surface area contributed by atoms with Crippen LogP contribution in [0.3, 0.4) is 0 Å². The minimum Gasteiger partial charge on any atom is -0.456 e. The van der Waals surface area contributed by atoms with Crippen LogP contribution in [0.2, 0.25) is 0 Å². The van der Waals surface area contributed by atoms with Gasteiger partial charge in [0.25, 0.3) is 0 Å². The van der Waals surface area contributed by atoms with Gasteiger partial charge < -0.3 is 10.5 Å². The van der Waals surface area contributed by atoms with E-state index < -0.39 is 11.6 Å². The van der Waals surface area contributed by atoms with Gasteiger partial charge in [0.2, 0.25) is 0 Å². The summed E-state index contributed by atoms with van der Waals surface area (Å²) < 4.78 is 5.11. The van der Waals surface area contributed by atoms with Gasteiger partial charge in [-0.1, -0.05) is 0 Å². The Bertz CT molecular complexity index is 314. The number of hydrogen-bond acceptors (Lipinski definition) is 5. The fourth-order valence-electron chi connectivity index (χ4n) is 0.732. The van der Waals surface area contributed by atoms with Crippen LogP contribution in [-0.4, -0.2) is 16.6 Å². The predicted molar refractivity (Wildman–Crippen MR) is 51.7 cm³/mol. The lowest BCUT2D eigenvalue weighted by atomic mass is 10.2. The molecule has 72 valence electrons. The number of anilines is 1. The molecule has 1 aromatic heterocycles. The smallest absolute Gasteiger partial charge is 0.352 e. The molecule has 1 aromatic rings. The van der Waals surface area contributed by atoms with Gasteiger partial charge in [0, 0.05) is 0 Å². The van der Waals surface area contributed by atoms with E-state index in [0.717, 1.165) is 0 Å². The van der Waals surface area contributed by atoms with Gasteiger partial charge >= 0.3 is 5.97 Å². The highest BCUT2D eigenvalue weighted by Crippen LogP contribution is 2.19. The topological polar surface area (TPSA) is 65.2 Å². The van der Waals surface area contributed by atoms with Crippen LogP contribution in [0.4, 0.5) is 5.82 Å². The average molecular weight is 200 g/mol. The van der Waals surface area contributed by atoms with E-state index in [1.165, 1.54) is 16.8 Å². The normalized spacial score (nSPS) is 11.3. The Morgan fingerprint density at radius 3 is 2.62 bits per heavy atom. The van der Waals surface area contributed by atoms with Crippen LogP contribution in [0.15, 0.2) is 5.51 Å². The van der Waals surface area contributed by atoms with Crippen LogP contribution < -0.4 is 5.73 Å². The largest absolute Gasteiger partial charge is 0.456 e. The average Bonchev–Trinajstić information content (AvgIpc) is 2.30. The molecule has 0 unspecified atom stereocenters. The summed E-state index contributed by atoms with van der Waals surface area (Å²) in [6.45, 7) is 5.42. The summed E-state index contributed by atoms with van der Waals surface area (Å²) >= 11 is 1.19. The van der Waals surface area contributed by atoms with Crippen molar-refractivity contribution in [1.82, 2.24) is 4.98 Å². The second-order valence-corrected chi connectivity index (χ2v) is 4.42. The fraction of sp³-hybridized carbons (Fsp3) is 0.500. The molecule has 5 heteroatoms. The van der Waals surface area contributed by atoms with Gasteiger partial charge in [-0.3, -0.25) is 0 Å². The van der Waals surface area contributed by atoms with Crippen molar-refractivity contribution in [3.05, 3.63) is 10.4 Å². The molecule has 0 aromatic carbocycles. The van der Waals surface area contributed by atoms with Crippen LogP contribution in [0, 0.1) is 0 Å². The Morgan fingerprint density at radius 1 is 1.62 bits per heavy atom. The molecule has 1 rings (SSSR count). The van der Waals surface area contributed by atoms with E-state index in [1.54, 1.807) is 0 Å². The summed E-state index contributed by atoms with van der Waals surface area (Å²) in [7, 11) is 0. The summed E-state index contributed by atoms with van der Waals surface area (Å²) in [6.07, 6.45) is 0. The Kier molecular flexibility index (Phi) is 2.56. The molecule has 0 bridgehead atoms. The van der Waals surface area contributed by atoms with Crippen LogP contribution in [0.1, 0.15) is 30.4 Å². The monoisotopic (exact) mass is 200 g/mol. The highest BCUT2D eigenvalue weighted by molar-refractivity contribution is 7.12. The number of rotatable bonds is 1. The van der Waals surface area contributed by atoms with Gasteiger partial charge in [-0.15, -0.1) is 11.3 Å². The summed E-state index contributed by atoms with van der Waals surface area (Å²) in [5, 5.41) is 0. The van der Waals surface area contributed by atoms with E-state index in [-0.39, 0.29) is 5.82 Å². The zero-order valence-corrected chi connectivity index (χ0v) is 8.64. The molecular weight excluding hydrogens is 188 g/mol. The molecule has 13 heavy (non-hydrogen) atoms. The SMILES string of the molecule is CC(C)(C)OC(=O)c1scnc1N. The number of nitrogens with zero attached hydrogens (tertiary/aromatic N) is 1. The highest BCUT2D eigenvalue weighted by atomic mass is 32.1. The van der Waals surface area contributed by atoms with Crippen molar-refractivity contribution in [2.45, 2.75) is 26.4 Å². The number of aromatic nitrogens is 1. The first-order valence-corrected chi connectivity index (χ1v) is 4.70. The van der Waals surface area contributed by atoms with Crippen molar-refractivity contribution >= 4 is 23.1 Å². The molecule has 0 radical (unpaired) electrons. The van der Waals surface area contributed by atoms with Crippen molar-refractivity contribution in [2.75, 3.05) is 5.73 Å². The zero-order valence-electron chi connectivity index (χ0n) is 7.83. The molecule has 1 heterocycles. The number of ether oxygens (including phenoxy) is 1. The van der Waals surface area contributed by atoms with E-state index in [9.17, 15) is 4.79 Å². The third-order valence-electron chi connectivity index (χ3n) is 1.18. The molecule has 0 spiro atoms. The third kappa shape index (κ3) is 2.69. The first kappa shape index (κ1) is 9.98. The molecule has 0 amide bonds. The van der Waals surface area contributed by atoms with E-state index in [2.05, 4.69) is 4.98 Å². The number of esters is 1. The van der Waals surface area contributed by atoms with Gasteiger partial charge in [-0.25, -0.2) is 9.78 Å². The number of nitrogens with two attached hydrogens (primary N) is 1. The Balaban J connectivity index is 2.76. The third-order valence-corrected chi connectivity index (χ3v) is 2.00. The lowest BCUT2D eigenvalue weighted by Crippen LogP contribution is -2.23. The van der Waals surface area contributed by atoms with Crippen LogP contribution in [-0.2, 0) is 4.74 Å². The summed E-state index contributed by atoms with van der Waals surface area (Å²) in [5.41, 5.74) is 6.49. The predicted octanol–water partition coefficient (Wildman–Crippen LogP) is 1.68. The van der Waals surface area contributed by atoms with Crippen LogP contribution in [0.25, 0.3) is 0 Å². The number of carbonyl (C=O) groups excluding carboxylic acids is 1. The van der Waals surface area contributed by atoms with Crippen molar-refractivity contribution in [1.29, 1.82) is 0 Å². The number of carbonyl (C=O) groups is 1. The van der Waals surface area contributed by atoms with Gasteiger partial charge in [0.1, 0.15) is 11.4 Å². The van der Waals surface area contributed by atoms with Gasteiger partial charge in [-0.2, -0.15) is 0 Å². The summed E-state index contributed by atoms with van der Waals surface area (Å²) in [6, 6.07) is 0. The second-order valence-electron chi connectivity index (χ2n) is 3.57. The lowest BCUT2D eigenvalue weighted by Gasteiger charge is -2.18. The number of nitrogen functional groups attached to an aromatic ring is 1. The zero-order chi connectivity index (χ0) is 10.1. The standard InChI is InChI=1S/C8H12N2O2S/c1-8(2,3)12-7(11)5-6(9)10-4-13-5/h4H,9H2,1-3H3. The van der Waals surface area contributed by atoms with Crippen molar-refractivity contribution in [3.8, 4) is 0 Å². The number of thiazole rings is 1. The van der Waals surface area contributed by atoms with Crippen LogP contribution in [0.5, 0.6) is 0 Å². The van der Waals surface area contributed by atoms with Crippen molar-refractivity contribution < 1.29 is 9.53 Å². The molecule has 0 saturated heterocycles. The first-order valence-electron chi connectivity index (χ1n) is 3.82. The molecule has 2 N–H and O–H groups in total. The molecule has 0 aliphatic carbocycles. The highest BCUT2D eigenvalue weighted by Gasteiger charge is 2.21. The Morgan fingerprint density at radius 2 is 2.23 bits per heavy atom. The molecule has 0 aliphatic rings. The molecule has 0 atom stereocenters. The molecular formula is C8H12N2O2S. The maximum Gasteiger partial charge on any atom is 0.352 e. The molecule has 0 aliphatic heterocycles. The molecule has 0 fully saturated rings. The number of hydrogen-bond donors (Lipinski definition) is 1. The van der Waals surface area contributed by atoms with Crippen molar-refractivity contribution in [3.63, 3.8) is 0 Å². The maximum absolute atomic E-state index is 11.4. The summed E-state index contributed by atoms with van der Waals surface area (Å²) in [4.78, 5) is 15.5. The van der Waals surface area contributed by atoms with E-state index in [4.69, 9.17) is 10.5 Å². The molecule has 4 nitrogen and oxygen atoms in total. The first-order chi connectivity index (χ1) is 5.90. The van der Waals surface area contributed by atoms with Crippen molar-refractivity contribution in [2.24, 2.45) is 0 Å². The minimum absolute atomic E-state index is 0.235. The van der Waals surface area contributed by atoms with E-state index >= 15 is 0 Å². The second kappa shape index (κ2) is 3.33. The van der Waals surface area contributed by atoms with Gasteiger partial charge in [-0.05, 0) is 20.8 Å². The minimum atomic E-state index is -0.493. The quantitative estimate of drug-likeness (QED) is 0.700. The van der Waals surface area contributed by atoms with E-state index in [0.29, 0.717) is 4.88 Å². The van der Waals surface area contributed by atoms with Gasteiger partial charge in [0.05, 0.1) is 5.51 Å². The molecule has 0 saturated carbocycles. The fourth-order valence-corrected chi connectivity index (χ4v) is 1.31. The van der Waals surface area contributed by atoms with Gasteiger partial charge in [0.15, 0.2) is 4.88 Å².